The van der Waals surface area contributed by atoms with Crippen molar-refractivity contribution in [3.05, 3.63) is 56.6 Å². The minimum Gasteiger partial charge on any atom is -0.490 e. The molecule has 1 aliphatic rings. The molecule has 1 aliphatic heterocycles. The zero-order chi connectivity index (χ0) is 20.4. The standard InChI is InChI=1S/C21H23NO6/c1-12-13(2)21-19(14(3)20(12)27-15(4)23)10-9-18(28-21)11-26-17-7-5-16(6-8-17)22(24)25/h5-8,18H,9-11H2,1-4H3. The first-order chi connectivity index (χ1) is 13.3. The number of nitro benzene ring substituents is 1. The number of esters is 1. The molecule has 7 nitrogen and oxygen atoms in total. The largest absolute Gasteiger partial charge is 0.490 e. The second-order valence-electron chi connectivity index (χ2n) is 6.95. The number of carbonyl (C=O) groups excluding carboxylic acids is 1. The number of fused-ring (bicyclic) bond motifs is 1. The Kier molecular flexibility index (Phi) is 5.53. The van der Waals surface area contributed by atoms with Crippen LogP contribution in [0.5, 0.6) is 17.2 Å². The maximum absolute atomic E-state index is 11.4. The van der Waals surface area contributed by atoms with Gasteiger partial charge in [-0.15, -0.1) is 0 Å². The molecule has 0 amide bonds. The summed E-state index contributed by atoms with van der Waals surface area (Å²) < 4.78 is 17.4. The molecular formula is C21H23NO6. The molecule has 0 saturated heterocycles. The number of hydrogen-bond donors (Lipinski definition) is 0. The summed E-state index contributed by atoms with van der Waals surface area (Å²) >= 11 is 0. The average Bonchev–Trinajstić information content (AvgIpc) is 2.68. The van der Waals surface area contributed by atoms with Crippen LogP contribution in [0.1, 0.15) is 35.6 Å². The number of non-ortho nitro benzene ring substituents is 1. The van der Waals surface area contributed by atoms with Gasteiger partial charge >= 0.3 is 5.97 Å². The summed E-state index contributed by atoms with van der Waals surface area (Å²) in [5.74, 6) is 1.67. The molecule has 0 saturated carbocycles. The van der Waals surface area contributed by atoms with Crippen LogP contribution in [0.2, 0.25) is 0 Å². The van der Waals surface area contributed by atoms with Crippen LogP contribution in [0.15, 0.2) is 24.3 Å². The lowest BCUT2D eigenvalue weighted by atomic mass is 9.91. The Morgan fingerprint density at radius 2 is 1.86 bits per heavy atom. The molecule has 0 fully saturated rings. The Bertz CT molecular complexity index is 920. The van der Waals surface area contributed by atoms with Crippen LogP contribution >= 0.6 is 0 Å². The van der Waals surface area contributed by atoms with Crippen molar-refractivity contribution in [1.29, 1.82) is 0 Å². The molecule has 28 heavy (non-hydrogen) atoms. The highest BCUT2D eigenvalue weighted by Crippen LogP contribution is 2.41. The Hall–Kier alpha value is -3.09. The molecule has 0 aliphatic carbocycles. The van der Waals surface area contributed by atoms with Gasteiger partial charge in [-0.1, -0.05) is 0 Å². The van der Waals surface area contributed by atoms with Gasteiger partial charge in [0, 0.05) is 24.6 Å². The molecule has 0 spiro atoms. The third kappa shape index (κ3) is 3.93. The third-order valence-corrected chi connectivity index (χ3v) is 5.04. The van der Waals surface area contributed by atoms with E-state index in [1.54, 1.807) is 12.1 Å². The highest BCUT2D eigenvalue weighted by molar-refractivity contribution is 5.72. The summed E-state index contributed by atoms with van der Waals surface area (Å²) in [7, 11) is 0. The van der Waals surface area contributed by atoms with E-state index >= 15 is 0 Å². The molecule has 3 rings (SSSR count). The van der Waals surface area contributed by atoms with Gasteiger partial charge in [-0.3, -0.25) is 14.9 Å². The highest BCUT2D eigenvalue weighted by Gasteiger charge is 2.27. The lowest BCUT2D eigenvalue weighted by molar-refractivity contribution is -0.384. The summed E-state index contributed by atoms with van der Waals surface area (Å²) in [6.07, 6.45) is 1.44. The SMILES string of the molecule is CC(=O)Oc1c(C)c(C)c2c(c1C)CCC(COc1ccc([N+](=O)[O-])cc1)O2. The zero-order valence-electron chi connectivity index (χ0n) is 16.4. The van der Waals surface area contributed by atoms with Gasteiger partial charge in [-0.25, -0.2) is 0 Å². The number of nitro groups is 1. The molecule has 0 N–H and O–H groups in total. The van der Waals surface area contributed by atoms with Gasteiger partial charge in [0.25, 0.3) is 5.69 Å². The van der Waals surface area contributed by atoms with Gasteiger partial charge in [0.05, 0.1) is 4.92 Å². The normalized spacial score (nSPS) is 15.4. The highest BCUT2D eigenvalue weighted by atomic mass is 16.6. The number of ether oxygens (including phenoxy) is 3. The van der Waals surface area contributed by atoms with Crippen LogP contribution in [-0.4, -0.2) is 23.6 Å². The second kappa shape index (κ2) is 7.88. The second-order valence-corrected chi connectivity index (χ2v) is 6.95. The topological polar surface area (TPSA) is 87.9 Å². The van der Waals surface area contributed by atoms with Crippen molar-refractivity contribution in [2.75, 3.05) is 6.61 Å². The first kappa shape index (κ1) is 19.7. The van der Waals surface area contributed by atoms with Crippen molar-refractivity contribution in [2.45, 2.75) is 46.6 Å². The minimum atomic E-state index is -0.442. The van der Waals surface area contributed by atoms with Crippen LogP contribution in [0, 0.1) is 30.9 Å². The summed E-state index contributed by atoms with van der Waals surface area (Å²) in [5.41, 5.74) is 3.87. The van der Waals surface area contributed by atoms with Crippen LogP contribution in [0.3, 0.4) is 0 Å². The summed E-state index contributed by atoms with van der Waals surface area (Å²) in [6, 6.07) is 6.00. The van der Waals surface area contributed by atoms with E-state index in [4.69, 9.17) is 14.2 Å². The molecule has 1 atom stereocenters. The maximum Gasteiger partial charge on any atom is 0.308 e. The fraction of sp³-hybridized carbons (Fsp3) is 0.381. The first-order valence-corrected chi connectivity index (χ1v) is 9.13. The Labute approximate surface area is 163 Å². The van der Waals surface area contributed by atoms with Crippen molar-refractivity contribution in [2.24, 2.45) is 0 Å². The number of rotatable bonds is 5. The Balaban J connectivity index is 1.73. The molecule has 0 aromatic heterocycles. The van der Waals surface area contributed by atoms with E-state index in [1.807, 2.05) is 20.8 Å². The van der Waals surface area contributed by atoms with Crippen LogP contribution in [0.4, 0.5) is 5.69 Å². The van der Waals surface area contributed by atoms with Gasteiger partial charge in [0.2, 0.25) is 0 Å². The first-order valence-electron chi connectivity index (χ1n) is 9.13. The predicted octanol–water partition coefficient (Wildman–Crippen LogP) is 4.22. The Morgan fingerprint density at radius 1 is 1.18 bits per heavy atom. The molecule has 148 valence electrons. The van der Waals surface area contributed by atoms with E-state index in [-0.39, 0.29) is 17.8 Å². The molecule has 0 bridgehead atoms. The number of hydrogen-bond acceptors (Lipinski definition) is 6. The van der Waals surface area contributed by atoms with Crippen molar-refractivity contribution in [3.63, 3.8) is 0 Å². The lowest BCUT2D eigenvalue weighted by Gasteiger charge is -2.30. The van der Waals surface area contributed by atoms with Gasteiger partial charge in [0.1, 0.15) is 30.0 Å². The van der Waals surface area contributed by atoms with Crippen LogP contribution in [-0.2, 0) is 11.2 Å². The van der Waals surface area contributed by atoms with Crippen molar-refractivity contribution in [1.82, 2.24) is 0 Å². The van der Waals surface area contributed by atoms with Gasteiger partial charge in [0.15, 0.2) is 0 Å². The predicted molar refractivity (Wildman–Crippen MR) is 103 cm³/mol. The molecule has 1 unspecified atom stereocenters. The van der Waals surface area contributed by atoms with Crippen LogP contribution < -0.4 is 14.2 Å². The van der Waals surface area contributed by atoms with Gasteiger partial charge in [-0.2, -0.15) is 0 Å². The summed E-state index contributed by atoms with van der Waals surface area (Å²) in [6.45, 7) is 7.57. The Morgan fingerprint density at radius 3 is 2.46 bits per heavy atom. The van der Waals surface area contributed by atoms with Crippen molar-refractivity contribution in [3.8, 4) is 17.2 Å². The number of carbonyl (C=O) groups is 1. The maximum atomic E-state index is 11.4. The fourth-order valence-corrected chi connectivity index (χ4v) is 3.41. The quantitative estimate of drug-likeness (QED) is 0.331. The summed E-state index contributed by atoms with van der Waals surface area (Å²) in [5, 5.41) is 10.7. The van der Waals surface area contributed by atoms with E-state index in [0.717, 1.165) is 40.8 Å². The third-order valence-electron chi connectivity index (χ3n) is 5.04. The monoisotopic (exact) mass is 385 g/mol. The van der Waals surface area contributed by atoms with Gasteiger partial charge in [-0.05, 0) is 62.4 Å². The van der Waals surface area contributed by atoms with E-state index in [2.05, 4.69) is 0 Å². The molecular weight excluding hydrogens is 362 g/mol. The van der Waals surface area contributed by atoms with Gasteiger partial charge < -0.3 is 14.2 Å². The van der Waals surface area contributed by atoms with E-state index < -0.39 is 4.92 Å². The molecule has 0 radical (unpaired) electrons. The van der Waals surface area contributed by atoms with E-state index in [1.165, 1.54) is 19.1 Å². The summed E-state index contributed by atoms with van der Waals surface area (Å²) in [4.78, 5) is 21.7. The lowest BCUT2D eigenvalue weighted by Crippen LogP contribution is -2.30. The van der Waals surface area contributed by atoms with Crippen molar-refractivity contribution >= 4 is 11.7 Å². The zero-order valence-corrected chi connectivity index (χ0v) is 16.4. The van der Waals surface area contributed by atoms with Crippen molar-refractivity contribution < 1.29 is 23.9 Å². The number of nitrogens with zero attached hydrogens (tertiary/aromatic N) is 1. The molecule has 7 heteroatoms. The minimum absolute atomic E-state index is 0.0281. The average molecular weight is 385 g/mol. The molecule has 1 heterocycles. The molecule has 2 aromatic carbocycles. The van der Waals surface area contributed by atoms with E-state index in [9.17, 15) is 14.9 Å². The smallest absolute Gasteiger partial charge is 0.308 e. The van der Waals surface area contributed by atoms with E-state index in [0.29, 0.717) is 18.1 Å². The fourth-order valence-electron chi connectivity index (χ4n) is 3.41. The molecule has 2 aromatic rings. The van der Waals surface area contributed by atoms with Crippen LogP contribution in [0.25, 0.3) is 0 Å². The number of benzene rings is 2.